The van der Waals surface area contributed by atoms with E-state index in [2.05, 4.69) is 16.4 Å². The van der Waals surface area contributed by atoms with Gasteiger partial charge in [-0.1, -0.05) is 0 Å². The molecule has 2 heteroatoms. The Hall–Kier alpha value is -1.49. The van der Waals surface area contributed by atoms with Crippen molar-refractivity contribution in [1.82, 2.24) is 4.57 Å². The molecule has 1 aromatic heterocycles. The number of fused-ring (bicyclic) bond motifs is 1. The molecule has 0 saturated carbocycles. The number of hydrogen-bond donors (Lipinski definition) is 0. The van der Waals surface area contributed by atoms with Crippen molar-refractivity contribution in [2.24, 2.45) is 0 Å². The third-order valence-corrected chi connectivity index (χ3v) is 2.85. The Balaban J connectivity index is 2.18. The molecule has 0 unspecified atom stereocenters. The molecule has 0 radical (unpaired) electrons. The summed E-state index contributed by atoms with van der Waals surface area (Å²) in [4.78, 5) is 11.6. The summed E-state index contributed by atoms with van der Waals surface area (Å²) in [5, 5.41) is 0. The van der Waals surface area contributed by atoms with E-state index in [1.807, 2.05) is 19.2 Å². The summed E-state index contributed by atoms with van der Waals surface area (Å²) >= 11 is 0. The zero-order chi connectivity index (χ0) is 10.7. The lowest BCUT2D eigenvalue weighted by atomic mass is 9.97. The van der Waals surface area contributed by atoms with Gasteiger partial charge in [0.05, 0.1) is 0 Å². The predicted octanol–water partition coefficient (Wildman–Crippen LogP) is 2.42. The van der Waals surface area contributed by atoms with Crippen LogP contribution in [0.5, 0.6) is 0 Å². The molecule has 2 rings (SSSR count). The number of carbonyl (C=O) groups excluding carboxylic acids is 1. The zero-order valence-corrected chi connectivity index (χ0v) is 9.05. The third kappa shape index (κ3) is 1.97. The largest absolute Gasteiger partial charge is 0.350 e. The molecule has 0 aliphatic heterocycles. The van der Waals surface area contributed by atoms with Crippen molar-refractivity contribution in [3.63, 3.8) is 0 Å². The van der Waals surface area contributed by atoms with Crippen molar-refractivity contribution in [3.8, 4) is 11.8 Å². The van der Waals surface area contributed by atoms with Crippen LogP contribution in [0.15, 0.2) is 12.3 Å². The molecular formula is C13H15NO. The zero-order valence-electron chi connectivity index (χ0n) is 9.05. The molecule has 0 N–H and O–H groups in total. The fraction of sp³-hybridized carbons (Fsp3) is 0.462. The Morgan fingerprint density at radius 3 is 3.13 bits per heavy atom. The molecule has 1 aromatic rings. The number of aryl methyl sites for hydroxylation is 1. The van der Waals surface area contributed by atoms with Crippen LogP contribution < -0.4 is 0 Å². The number of rotatable bonds is 2. The summed E-state index contributed by atoms with van der Waals surface area (Å²) in [6.45, 7) is 2.76. The molecule has 0 bridgehead atoms. The molecule has 1 aliphatic carbocycles. The van der Waals surface area contributed by atoms with E-state index in [0.717, 1.165) is 31.4 Å². The van der Waals surface area contributed by atoms with Crippen LogP contribution >= 0.6 is 0 Å². The van der Waals surface area contributed by atoms with Gasteiger partial charge in [-0.3, -0.25) is 4.79 Å². The van der Waals surface area contributed by atoms with E-state index in [1.165, 1.54) is 5.69 Å². The minimum Gasteiger partial charge on any atom is -0.350 e. The molecule has 15 heavy (non-hydrogen) atoms. The summed E-state index contributed by atoms with van der Waals surface area (Å²) in [5.41, 5.74) is 2.15. The molecule has 0 saturated heterocycles. The Morgan fingerprint density at radius 2 is 2.33 bits per heavy atom. The van der Waals surface area contributed by atoms with Crippen molar-refractivity contribution in [2.75, 3.05) is 0 Å². The topological polar surface area (TPSA) is 22.0 Å². The van der Waals surface area contributed by atoms with Gasteiger partial charge in [-0.2, -0.15) is 0 Å². The van der Waals surface area contributed by atoms with Gasteiger partial charge >= 0.3 is 0 Å². The smallest absolute Gasteiger partial charge is 0.164 e. The van der Waals surface area contributed by atoms with Crippen LogP contribution in [-0.4, -0.2) is 10.4 Å². The average molecular weight is 201 g/mol. The van der Waals surface area contributed by atoms with Crippen LogP contribution in [0.4, 0.5) is 0 Å². The number of aromatic nitrogens is 1. The molecule has 1 heterocycles. The average Bonchev–Trinajstić information content (AvgIpc) is 2.64. The number of Topliss-reactive ketones (excluding diaryl/α,β-unsaturated/α-hetero) is 1. The molecular weight excluding hydrogens is 186 g/mol. The monoisotopic (exact) mass is 201 g/mol. The van der Waals surface area contributed by atoms with Crippen LogP contribution in [0.3, 0.4) is 0 Å². The lowest BCUT2D eigenvalue weighted by Gasteiger charge is -2.13. The molecule has 2 nitrogen and oxygen atoms in total. The minimum absolute atomic E-state index is 0.302. The van der Waals surface area contributed by atoms with E-state index in [9.17, 15) is 4.79 Å². The van der Waals surface area contributed by atoms with E-state index in [4.69, 9.17) is 0 Å². The molecule has 0 spiro atoms. The highest BCUT2D eigenvalue weighted by Crippen LogP contribution is 2.22. The van der Waals surface area contributed by atoms with E-state index in [-0.39, 0.29) is 0 Å². The van der Waals surface area contributed by atoms with E-state index in [1.54, 1.807) is 0 Å². The molecule has 0 aromatic carbocycles. The number of nitrogens with zero attached hydrogens (tertiary/aromatic N) is 1. The predicted molar refractivity (Wildman–Crippen MR) is 59.8 cm³/mol. The van der Waals surface area contributed by atoms with Crippen molar-refractivity contribution in [2.45, 2.75) is 39.2 Å². The normalized spacial score (nSPS) is 14.3. The molecule has 0 amide bonds. The highest BCUT2D eigenvalue weighted by molar-refractivity contribution is 5.98. The Morgan fingerprint density at radius 1 is 1.47 bits per heavy atom. The first-order valence-electron chi connectivity index (χ1n) is 5.43. The van der Waals surface area contributed by atoms with Gasteiger partial charge in [0, 0.05) is 36.8 Å². The Bertz CT molecular complexity index is 431. The lowest BCUT2D eigenvalue weighted by Crippen LogP contribution is -2.13. The number of ketones is 1. The standard InChI is InChI=1S/C13H15NO/c1-2-3-4-9-14-10-8-11-12(14)6-5-7-13(11)15/h8,10H,4-7,9H2,1H3. The maximum Gasteiger partial charge on any atom is 0.164 e. The summed E-state index contributed by atoms with van der Waals surface area (Å²) in [7, 11) is 0. The van der Waals surface area contributed by atoms with Crippen LogP contribution in [0.2, 0.25) is 0 Å². The van der Waals surface area contributed by atoms with Gasteiger partial charge < -0.3 is 4.57 Å². The molecule has 78 valence electrons. The number of carbonyl (C=O) groups is 1. The van der Waals surface area contributed by atoms with Gasteiger partial charge in [0.1, 0.15) is 0 Å². The maximum atomic E-state index is 11.6. The second-order valence-corrected chi connectivity index (χ2v) is 3.82. The van der Waals surface area contributed by atoms with Gasteiger partial charge in [0.15, 0.2) is 5.78 Å². The van der Waals surface area contributed by atoms with Crippen LogP contribution in [0.1, 0.15) is 42.2 Å². The van der Waals surface area contributed by atoms with E-state index in [0.29, 0.717) is 12.2 Å². The quantitative estimate of drug-likeness (QED) is 0.673. The van der Waals surface area contributed by atoms with Crippen LogP contribution in [0.25, 0.3) is 0 Å². The molecule has 1 aliphatic rings. The SMILES string of the molecule is CC#CCCn1ccc2c1CCCC2=O. The third-order valence-electron chi connectivity index (χ3n) is 2.85. The van der Waals surface area contributed by atoms with Gasteiger partial charge in [0.2, 0.25) is 0 Å². The van der Waals surface area contributed by atoms with Gasteiger partial charge in [-0.25, -0.2) is 0 Å². The van der Waals surface area contributed by atoms with Gasteiger partial charge in [-0.15, -0.1) is 11.8 Å². The Labute approximate surface area is 90.3 Å². The van der Waals surface area contributed by atoms with Crippen molar-refractivity contribution < 1.29 is 4.79 Å². The Kier molecular flexibility index (Phi) is 2.91. The van der Waals surface area contributed by atoms with E-state index < -0.39 is 0 Å². The second kappa shape index (κ2) is 4.35. The van der Waals surface area contributed by atoms with Gasteiger partial charge in [-0.05, 0) is 25.8 Å². The summed E-state index contributed by atoms with van der Waals surface area (Å²) in [6.07, 6.45) is 5.63. The first-order valence-corrected chi connectivity index (χ1v) is 5.43. The fourth-order valence-corrected chi connectivity index (χ4v) is 2.10. The van der Waals surface area contributed by atoms with Crippen molar-refractivity contribution in [3.05, 3.63) is 23.5 Å². The van der Waals surface area contributed by atoms with E-state index >= 15 is 0 Å². The molecule has 0 fully saturated rings. The summed E-state index contributed by atoms with van der Waals surface area (Å²) in [5.74, 6) is 6.24. The molecule has 0 atom stereocenters. The number of hydrogen-bond acceptors (Lipinski definition) is 1. The first-order chi connectivity index (χ1) is 7.33. The highest BCUT2D eigenvalue weighted by atomic mass is 16.1. The summed E-state index contributed by atoms with van der Waals surface area (Å²) in [6, 6.07) is 1.95. The summed E-state index contributed by atoms with van der Waals surface area (Å²) < 4.78 is 2.18. The highest BCUT2D eigenvalue weighted by Gasteiger charge is 2.19. The van der Waals surface area contributed by atoms with Crippen LogP contribution in [-0.2, 0) is 13.0 Å². The van der Waals surface area contributed by atoms with Gasteiger partial charge in [0.25, 0.3) is 0 Å². The first kappa shape index (κ1) is 10.0. The lowest BCUT2D eigenvalue weighted by molar-refractivity contribution is 0.0972. The van der Waals surface area contributed by atoms with Crippen molar-refractivity contribution >= 4 is 5.78 Å². The fourth-order valence-electron chi connectivity index (χ4n) is 2.10. The van der Waals surface area contributed by atoms with Crippen LogP contribution in [0, 0.1) is 11.8 Å². The second-order valence-electron chi connectivity index (χ2n) is 3.82. The minimum atomic E-state index is 0.302. The maximum absolute atomic E-state index is 11.6. The van der Waals surface area contributed by atoms with Crippen molar-refractivity contribution in [1.29, 1.82) is 0 Å².